The predicted molar refractivity (Wildman–Crippen MR) is 50.4 cm³/mol. The third-order valence-electron chi connectivity index (χ3n) is 2.02. The molecule has 1 aliphatic rings. The summed E-state index contributed by atoms with van der Waals surface area (Å²) in [5, 5.41) is 9.79. The average Bonchev–Trinajstić information content (AvgIpc) is 2.02. The van der Waals surface area contributed by atoms with Crippen molar-refractivity contribution < 1.29 is 0 Å². The zero-order chi connectivity index (χ0) is 9.03. The molecule has 0 aromatic heterocycles. The van der Waals surface area contributed by atoms with Gasteiger partial charge in [-0.25, -0.2) is 0 Å². The molecule has 0 aromatic rings. The van der Waals surface area contributed by atoms with Crippen LogP contribution in [0.1, 0.15) is 26.7 Å². The van der Waals surface area contributed by atoms with Crippen LogP contribution in [0.25, 0.3) is 0 Å². The molecule has 1 saturated heterocycles. The Labute approximate surface area is 74.3 Å². The summed E-state index contributed by atoms with van der Waals surface area (Å²) in [6.07, 6.45) is 2.55. The van der Waals surface area contributed by atoms with Crippen molar-refractivity contribution >= 4 is 0 Å². The predicted octanol–water partition coefficient (Wildman–Crippen LogP) is -0.473. The zero-order valence-corrected chi connectivity index (χ0v) is 7.98. The first-order chi connectivity index (χ1) is 5.58. The number of hydrogen-bond acceptors (Lipinski definition) is 4. The molecule has 1 fully saturated rings. The Morgan fingerprint density at radius 2 is 1.92 bits per heavy atom. The molecule has 0 amide bonds. The van der Waals surface area contributed by atoms with Gasteiger partial charge in [0.2, 0.25) is 0 Å². The Morgan fingerprint density at radius 3 is 2.42 bits per heavy atom. The minimum Gasteiger partial charge on any atom is -0.326 e. The van der Waals surface area contributed by atoms with E-state index in [0.717, 1.165) is 26.2 Å². The van der Waals surface area contributed by atoms with E-state index in [4.69, 9.17) is 5.73 Å². The first-order valence-corrected chi connectivity index (χ1v) is 4.54. The van der Waals surface area contributed by atoms with E-state index in [-0.39, 0.29) is 5.54 Å². The molecular weight excluding hydrogens is 152 g/mol. The average molecular weight is 172 g/mol. The Morgan fingerprint density at radius 1 is 1.33 bits per heavy atom. The third kappa shape index (κ3) is 4.01. The fraction of sp³-hybridized carbons (Fsp3) is 1.00. The van der Waals surface area contributed by atoms with E-state index in [9.17, 15) is 0 Å². The molecule has 0 atom stereocenters. The SMILES string of the molecule is CC(C)(N)CCC1NCNCN1. The van der Waals surface area contributed by atoms with Gasteiger partial charge in [-0.1, -0.05) is 0 Å². The van der Waals surface area contributed by atoms with E-state index >= 15 is 0 Å². The Hall–Kier alpha value is -0.160. The maximum absolute atomic E-state index is 5.88. The van der Waals surface area contributed by atoms with Gasteiger partial charge in [0.1, 0.15) is 0 Å². The summed E-state index contributed by atoms with van der Waals surface area (Å²) in [6.45, 7) is 5.91. The maximum atomic E-state index is 5.88. The second-order valence-electron chi connectivity index (χ2n) is 4.09. The van der Waals surface area contributed by atoms with E-state index in [0.29, 0.717) is 6.17 Å². The summed E-state index contributed by atoms with van der Waals surface area (Å²) in [7, 11) is 0. The molecule has 1 aliphatic heterocycles. The van der Waals surface area contributed by atoms with E-state index in [1.807, 2.05) is 0 Å². The molecule has 0 unspecified atom stereocenters. The number of rotatable bonds is 3. The Kier molecular flexibility index (Phi) is 3.46. The quantitative estimate of drug-likeness (QED) is 0.465. The maximum Gasteiger partial charge on any atom is 0.0591 e. The molecule has 0 saturated carbocycles. The van der Waals surface area contributed by atoms with Crippen molar-refractivity contribution in [3.05, 3.63) is 0 Å². The van der Waals surface area contributed by atoms with Crippen LogP contribution in [0.5, 0.6) is 0 Å². The molecule has 1 heterocycles. The summed E-state index contributed by atoms with van der Waals surface area (Å²) in [4.78, 5) is 0. The summed E-state index contributed by atoms with van der Waals surface area (Å²) >= 11 is 0. The molecule has 0 spiro atoms. The van der Waals surface area contributed by atoms with Crippen LogP contribution in [0.4, 0.5) is 0 Å². The minimum atomic E-state index is -0.0474. The topological polar surface area (TPSA) is 62.1 Å². The second kappa shape index (κ2) is 4.18. The van der Waals surface area contributed by atoms with Crippen LogP contribution < -0.4 is 21.7 Å². The first-order valence-electron chi connectivity index (χ1n) is 4.54. The monoisotopic (exact) mass is 172 g/mol. The smallest absolute Gasteiger partial charge is 0.0591 e. The lowest BCUT2D eigenvalue weighted by Crippen LogP contribution is -2.56. The van der Waals surface area contributed by atoms with Gasteiger partial charge < -0.3 is 5.73 Å². The van der Waals surface area contributed by atoms with Crippen molar-refractivity contribution in [3.63, 3.8) is 0 Å². The fourth-order valence-corrected chi connectivity index (χ4v) is 1.25. The van der Waals surface area contributed by atoms with Gasteiger partial charge in [-0.05, 0) is 26.7 Å². The molecule has 0 aromatic carbocycles. The highest BCUT2D eigenvalue weighted by Gasteiger charge is 2.16. The van der Waals surface area contributed by atoms with E-state index in [1.165, 1.54) is 0 Å². The van der Waals surface area contributed by atoms with Crippen molar-refractivity contribution in [1.29, 1.82) is 0 Å². The van der Waals surface area contributed by atoms with Crippen molar-refractivity contribution in [2.75, 3.05) is 13.3 Å². The second-order valence-corrected chi connectivity index (χ2v) is 4.09. The minimum absolute atomic E-state index is 0.0474. The highest BCUT2D eigenvalue weighted by Crippen LogP contribution is 2.08. The molecule has 72 valence electrons. The highest BCUT2D eigenvalue weighted by atomic mass is 15.3. The molecule has 5 N–H and O–H groups in total. The van der Waals surface area contributed by atoms with Gasteiger partial charge in [-0.15, -0.1) is 0 Å². The number of hydrogen-bond donors (Lipinski definition) is 4. The van der Waals surface area contributed by atoms with Gasteiger partial charge in [0.25, 0.3) is 0 Å². The van der Waals surface area contributed by atoms with Crippen LogP contribution in [0, 0.1) is 0 Å². The van der Waals surface area contributed by atoms with Crippen molar-refractivity contribution in [3.8, 4) is 0 Å². The standard InChI is InChI=1S/C8H20N4/c1-8(2,9)4-3-7-11-5-10-6-12-7/h7,10-12H,3-6,9H2,1-2H3. The van der Waals surface area contributed by atoms with Crippen LogP contribution in [-0.2, 0) is 0 Å². The van der Waals surface area contributed by atoms with Crippen LogP contribution >= 0.6 is 0 Å². The van der Waals surface area contributed by atoms with E-state index < -0.39 is 0 Å². The lowest BCUT2D eigenvalue weighted by atomic mass is 9.99. The molecular formula is C8H20N4. The molecule has 4 heteroatoms. The van der Waals surface area contributed by atoms with Crippen molar-refractivity contribution in [1.82, 2.24) is 16.0 Å². The molecule has 0 bridgehead atoms. The highest BCUT2D eigenvalue weighted by molar-refractivity contribution is 4.76. The number of nitrogens with two attached hydrogens (primary N) is 1. The van der Waals surface area contributed by atoms with Gasteiger partial charge in [0, 0.05) is 18.9 Å². The summed E-state index contributed by atoms with van der Waals surface area (Å²) in [6, 6.07) is 0. The van der Waals surface area contributed by atoms with E-state index in [2.05, 4.69) is 29.8 Å². The first kappa shape index (κ1) is 9.92. The van der Waals surface area contributed by atoms with Crippen molar-refractivity contribution in [2.45, 2.75) is 38.4 Å². The lowest BCUT2D eigenvalue weighted by Gasteiger charge is -2.28. The number of nitrogens with one attached hydrogen (secondary N) is 3. The fourth-order valence-electron chi connectivity index (χ4n) is 1.25. The largest absolute Gasteiger partial charge is 0.326 e. The summed E-state index contributed by atoms with van der Waals surface area (Å²) in [5.41, 5.74) is 5.83. The molecule has 12 heavy (non-hydrogen) atoms. The van der Waals surface area contributed by atoms with Gasteiger partial charge >= 0.3 is 0 Å². The zero-order valence-electron chi connectivity index (χ0n) is 7.98. The molecule has 0 radical (unpaired) electrons. The lowest BCUT2D eigenvalue weighted by molar-refractivity contribution is 0.295. The van der Waals surface area contributed by atoms with Crippen LogP contribution in [0.2, 0.25) is 0 Å². The summed E-state index contributed by atoms with van der Waals surface area (Å²) in [5.74, 6) is 0. The Balaban J connectivity index is 2.13. The Bertz CT molecular complexity index is 124. The summed E-state index contributed by atoms with van der Waals surface area (Å²) < 4.78 is 0. The van der Waals surface area contributed by atoms with Gasteiger partial charge in [-0.2, -0.15) is 0 Å². The van der Waals surface area contributed by atoms with Crippen LogP contribution in [0.3, 0.4) is 0 Å². The van der Waals surface area contributed by atoms with Crippen LogP contribution in [-0.4, -0.2) is 25.0 Å². The molecule has 0 aliphatic carbocycles. The van der Waals surface area contributed by atoms with Gasteiger partial charge in [0.15, 0.2) is 0 Å². The van der Waals surface area contributed by atoms with Crippen molar-refractivity contribution in [2.24, 2.45) is 5.73 Å². The van der Waals surface area contributed by atoms with Gasteiger partial charge in [-0.3, -0.25) is 16.0 Å². The van der Waals surface area contributed by atoms with E-state index in [1.54, 1.807) is 0 Å². The van der Waals surface area contributed by atoms with Gasteiger partial charge in [0.05, 0.1) is 6.17 Å². The third-order valence-corrected chi connectivity index (χ3v) is 2.02. The molecule has 4 nitrogen and oxygen atoms in total. The molecule has 1 rings (SSSR count). The normalized spacial score (nSPS) is 21.2. The van der Waals surface area contributed by atoms with Crippen LogP contribution in [0.15, 0.2) is 0 Å².